The van der Waals surface area contributed by atoms with E-state index in [0.29, 0.717) is 12.6 Å². The number of ketones is 1. The van der Waals surface area contributed by atoms with Crippen LogP contribution in [0.4, 0.5) is 0 Å². The molecule has 0 aromatic heterocycles. The van der Waals surface area contributed by atoms with Crippen LogP contribution in [0.3, 0.4) is 0 Å². The Kier molecular flexibility index (Phi) is 7.08. The van der Waals surface area contributed by atoms with Crippen molar-refractivity contribution < 1.29 is 9.53 Å². The van der Waals surface area contributed by atoms with E-state index in [1.54, 1.807) is 6.92 Å². The van der Waals surface area contributed by atoms with E-state index in [0.717, 1.165) is 19.4 Å². The van der Waals surface area contributed by atoms with Gasteiger partial charge in [-0.05, 0) is 40.2 Å². The minimum Gasteiger partial charge on any atom is -0.375 e. The summed E-state index contributed by atoms with van der Waals surface area (Å²) in [5.41, 5.74) is -0.402. The topological polar surface area (TPSA) is 38.3 Å². The molecule has 0 radical (unpaired) electrons. The summed E-state index contributed by atoms with van der Waals surface area (Å²) in [7, 11) is 0. The maximum absolute atomic E-state index is 11.4. The third kappa shape index (κ3) is 7.83. The lowest BCUT2D eigenvalue weighted by molar-refractivity contribution is -0.126. The van der Waals surface area contributed by atoms with E-state index in [1.807, 2.05) is 13.8 Å². The summed E-state index contributed by atoms with van der Waals surface area (Å²) >= 11 is 0. The third-order valence-corrected chi connectivity index (χ3v) is 3.45. The van der Waals surface area contributed by atoms with Crippen LogP contribution in [0.1, 0.15) is 61.3 Å². The van der Waals surface area contributed by atoms with Gasteiger partial charge in [-0.15, -0.1) is 0 Å². The molecule has 0 unspecified atom stereocenters. The number of nitrogens with one attached hydrogen (secondary N) is 1. The zero-order valence-electron chi connectivity index (χ0n) is 13.2. The smallest absolute Gasteiger partial charge is 0.135 e. The van der Waals surface area contributed by atoms with Crippen molar-refractivity contribution >= 4 is 5.78 Å². The molecule has 0 aliphatic carbocycles. The van der Waals surface area contributed by atoms with Crippen LogP contribution in [-0.4, -0.2) is 30.6 Å². The predicted octanol–water partition coefficient (Wildman–Crippen LogP) is 3.18. The number of rotatable bonds is 9. The van der Waals surface area contributed by atoms with Gasteiger partial charge in [0.2, 0.25) is 0 Å². The van der Waals surface area contributed by atoms with Gasteiger partial charge in [0.25, 0.3) is 0 Å². The van der Waals surface area contributed by atoms with Crippen LogP contribution in [0.25, 0.3) is 0 Å². The molecule has 3 nitrogen and oxygen atoms in total. The number of hydrogen-bond donors (Lipinski definition) is 1. The quantitative estimate of drug-likeness (QED) is 0.689. The van der Waals surface area contributed by atoms with Crippen LogP contribution in [0.15, 0.2) is 0 Å². The Bertz CT molecular complexity index is 257. The molecule has 1 N–H and O–H groups in total. The van der Waals surface area contributed by atoms with Gasteiger partial charge >= 0.3 is 0 Å². The molecule has 0 aliphatic rings. The van der Waals surface area contributed by atoms with Gasteiger partial charge in [-0.25, -0.2) is 0 Å². The summed E-state index contributed by atoms with van der Waals surface area (Å²) < 4.78 is 5.91. The van der Waals surface area contributed by atoms with Crippen molar-refractivity contribution in [2.75, 3.05) is 13.2 Å². The van der Waals surface area contributed by atoms with Gasteiger partial charge in [0, 0.05) is 18.1 Å². The maximum atomic E-state index is 11.4. The SMILES string of the molecule is CC(=O)C(C)(C)CCOC(C)(C)CCNC(C)C. The van der Waals surface area contributed by atoms with E-state index in [1.165, 1.54) is 0 Å². The molecule has 0 aliphatic heterocycles. The Balaban J connectivity index is 3.93. The lowest BCUT2D eigenvalue weighted by Crippen LogP contribution is -2.34. The Morgan fingerprint density at radius 3 is 2.17 bits per heavy atom. The minimum atomic E-state index is -0.272. The molecular weight excluding hydrogens is 226 g/mol. The highest BCUT2D eigenvalue weighted by Crippen LogP contribution is 2.23. The fraction of sp³-hybridized carbons (Fsp3) is 0.933. The summed E-state index contributed by atoms with van der Waals surface area (Å²) in [5.74, 6) is 0.227. The maximum Gasteiger partial charge on any atom is 0.135 e. The second-order valence-corrected chi connectivity index (χ2v) is 6.66. The molecule has 108 valence electrons. The van der Waals surface area contributed by atoms with Crippen molar-refractivity contribution in [3.8, 4) is 0 Å². The van der Waals surface area contributed by atoms with E-state index < -0.39 is 0 Å². The normalized spacial score (nSPS) is 13.1. The van der Waals surface area contributed by atoms with Crippen molar-refractivity contribution in [2.45, 2.75) is 73.0 Å². The molecule has 0 heterocycles. The van der Waals surface area contributed by atoms with E-state index in [2.05, 4.69) is 33.0 Å². The first-order chi connectivity index (χ1) is 8.07. The number of Topliss-reactive ketones (excluding diaryl/α,β-unsaturated/α-hetero) is 1. The van der Waals surface area contributed by atoms with E-state index >= 15 is 0 Å². The molecular formula is C15H31NO2. The van der Waals surface area contributed by atoms with Crippen LogP contribution in [-0.2, 0) is 9.53 Å². The molecule has 0 spiro atoms. The highest BCUT2D eigenvalue weighted by Gasteiger charge is 2.25. The second-order valence-electron chi connectivity index (χ2n) is 6.66. The average molecular weight is 257 g/mol. The van der Waals surface area contributed by atoms with Crippen molar-refractivity contribution in [3.63, 3.8) is 0 Å². The van der Waals surface area contributed by atoms with Crippen LogP contribution < -0.4 is 5.32 Å². The number of carbonyl (C=O) groups excluding carboxylic acids is 1. The zero-order chi connectivity index (χ0) is 14.4. The van der Waals surface area contributed by atoms with E-state index in [9.17, 15) is 4.79 Å². The van der Waals surface area contributed by atoms with Crippen molar-refractivity contribution in [2.24, 2.45) is 5.41 Å². The monoisotopic (exact) mass is 257 g/mol. The van der Waals surface area contributed by atoms with E-state index in [4.69, 9.17) is 4.74 Å². The summed E-state index contributed by atoms with van der Waals surface area (Å²) in [6.45, 7) is 15.7. The fourth-order valence-corrected chi connectivity index (χ4v) is 1.49. The van der Waals surface area contributed by atoms with Crippen molar-refractivity contribution in [1.29, 1.82) is 0 Å². The van der Waals surface area contributed by atoms with Gasteiger partial charge in [-0.2, -0.15) is 0 Å². The number of hydrogen-bond acceptors (Lipinski definition) is 3. The third-order valence-electron chi connectivity index (χ3n) is 3.45. The lowest BCUT2D eigenvalue weighted by Gasteiger charge is -2.28. The first-order valence-corrected chi connectivity index (χ1v) is 6.95. The van der Waals surface area contributed by atoms with Crippen LogP contribution in [0.5, 0.6) is 0 Å². The zero-order valence-corrected chi connectivity index (χ0v) is 13.2. The first kappa shape index (κ1) is 17.6. The minimum absolute atomic E-state index is 0.130. The standard InChI is InChI=1S/C15H31NO2/c1-12(2)16-10-8-15(6,7)18-11-9-14(4,5)13(3)17/h12,16H,8-11H2,1-7H3. The second kappa shape index (κ2) is 7.25. The highest BCUT2D eigenvalue weighted by molar-refractivity contribution is 5.81. The first-order valence-electron chi connectivity index (χ1n) is 6.95. The van der Waals surface area contributed by atoms with Gasteiger partial charge in [-0.3, -0.25) is 4.79 Å². The molecule has 0 saturated carbocycles. The predicted molar refractivity (Wildman–Crippen MR) is 76.9 cm³/mol. The summed E-state index contributed by atoms with van der Waals surface area (Å²) in [5, 5.41) is 3.39. The fourth-order valence-electron chi connectivity index (χ4n) is 1.49. The van der Waals surface area contributed by atoms with Gasteiger partial charge in [0.1, 0.15) is 5.78 Å². The number of ether oxygens (including phenoxy) is 1. The Morgan fingerprint density at radius 2 is 1.72 bits per heavy atom. The molecule has 0 saturated heterocycles. The molecule has 0 aromatic carbocycles. The molecule has 0 atom stereocenters. The summed E-state index contributed by atoms with van der Waals surface area (Å²) in [6, 6.07) is 0.512. The van der Waals surface area contributed by atoms with E-state index in [-0.39, 0.29) is 16.8 Å². The highest BCUT2D eigenvalue weighted by atomic mass is 16.5. The van der Waals surface area contributed by atoms with Crippen LogP contribution in [0, 0.1) is 5.41 Å². The van der Waals surface area contributed by atoms with Gasteiger partial charge < -0.3 is 10.1 Å². The molecule has 0 bridgehead atoms. The largest absolute Gasteiger partial charge is 0.375 e. The van der Waals surface area contributed by atoms with Crippen molar-refractivity contribution in [3.05, 3.63) is 0 Å². The lowest BCUT2D eigenvalue weighted by atomic mass is 9.86. The average Bonchev–Trinajstić information content (AvgIpc) is 2.15. The van der Waals surface area contributed by atoms with Crippen molar-refractivity contribution in [1.82, 2.24) is 5.32 Å². The van der Waals surface area contributed by atoms with Gasteiger partial charge in [0.15, 0.2) is 0 Å². The molecule has 0 aromatic rings. The van der Waals surface area contributed by atoms with Gasteiger partial charge in [-0.1, -0.05) is 27.7 Å². The summed E-state index contributed by atoms with van der Waals surface area (Å²) in [4.78, 5) is 11.4. The van der Waals surface area contributed by atoms with Crippen LogP contribution in [0.2, 0.25) is 0 Å². The molecule has 3 heteroatoms. The molecule has 18 heavy (non-hydrogen) atoms. The Morgan fingerprint density at radius 1 is 1.17 bits per heavy atom. The van der Waals surface area contributed by atoms with Crippen LogP contribution >= 0.6 is 0 Å². The Labute approximate surface area is 113 Å². The van der Waals surface area contributed by atoms with Gasteiger partial charge in [0.05, 0.1) is 5.60 Å². The molecule has 0 rings (SSSR count). The molecule has 0 fully saturated rings. The summed E-state index contributed by atoms with van der Waals surface area (Å²) in [6.07, 6.45) is 1.76. The Hall–Kier alpha value is -0.410. The number of carbonyl (C=O) groups is 1. The molecule has 0 amide bonds.